The van der Waals surface area contributed by atoms with Crippen LogP contribution in [0.25, 0.3) is 0 Å². The van der Waals surface area contributed by atoms with Crippen LogP contribution in [-0.2, 0) is 18.3 Å². The van der Waals surface area contributed by atoms with Crippen LogP contribution in [0.2, 0.25) is 0 Å². The van der Waals surface area contributed by atoms with Crippen LogP contribution < -0.4 is 0 Å². The first kappa shape index (κ1) is 15.0. The number of hydrogen-bond acceptors (Lipinski definition) is 3. The number of rotatable bonds is 3. The zero-order valence-corrected chi connectivity index (χ0v) is 12.9. The highest BCUT2D eigenvalue weighted by atomic mass is 16.4. The van der Waals surface area contributed by atoms with Gasteiger partial charge in [-0.2, -0.15) is 0 Å². The Bertz CT molecular complexity index is 480. The maximum absolute atomic E-state index is 11.8. The number of aryl methyl sites for hydroxylation is 1. The molecule has 0 bridgehead atoms. The molecule has 0 radical (unpaired) electrons. The molecule has 5 nitrogen and oxygen atoms in total. The molecule has 5 heteroatoms. The van der Waals surface area contributed by atoms with Gasteiger partial charge in [-0.05, 0) is 37.0 Å². The van der Waals surface area contributed by atoms with Crippen molar-refractivity contribution in [2.75, 3.05) is 0 Å². The second kappa shape index (κ2) is 5.19. The van der Waals surface area contributed by atoms with Crippen LogP contribution in [0.15, 0.2) is 6.20 Å². The third kappa shape index (κ3) is 3.02. The number of hydrogen-bond donors (Lipinski definition) is 1. The zero-order chi connectivity index (χ0) is 15.0. The largest absolute Gasteiger partial charge is 0.481 e. The fourth-order valence-electron chi connectivity index (χ4n) is 3.33. The normalized spacial score (nSPS) is 27.5. The van der Waals surface area contributed by atoms with E-state index in [1.54, 1.807) is 11.7 Å². The summed E-state index contributed by atoms with van der Waals surface area (Å²) >= 11 is 0. The molecule has 1 N–H and O–H groups in total. The highest BCUT2D eigenvalue weighted by molar-refractivity contribution is 5.75. The first-order valence-corrected chi connectivity index (χ1v) is 7.31. The first-order chi connectivity index (χ1) is 9.23. The van der Waals surface area contributed by atoms with Gasteiger partial charge < -0.3 is 5.11 Å². The van der Waals surface area contributed by atoms with Gasteiger partial charge >= 0.3 is 5.97 Å². The zero-order valence-electron chi connectivity index (χ0n) is 12.9. The van der Waals surface area contributed by atoms with Crippen molar-refractivity contribution in [3.63, 3.8) is 0 Å². The standard InChI is InChI=1S/C15H25N3O2/c1-14(2,3)11-5-7-15(8-6-11,13(19)20)9-12-10-18(4)17-16-12/h10-11H,5-9H2,1-4H3,(H,19,20). The predicted octanol–water partition coefficient (Wildman–Crippen LogP) is 2.66. The van der Waals surface area contributed by atoms with E-state index in [1.807, 2.05) is 6.20 Å². The molecule has 2 rings (SSSR count). The van der Waals surface area contributed by atoms with E-state index in [0.29, 0.717) is 12.3 Å². The van der Waals surface area contributed by atoms with Gasteiger partial charge in [0.2, 0.25) is 0 Å². The molecule has 112 valence electrons. The minimum Gasteiger partial charge on any atom is -0.481 e. The van der Waals surface area contributed by atoms with Crippen LogP contribution in [0, 0.1) is 16.7 Å². The number of nitrogens with zero attached hydrogens (tertiary/aromatic N) is 3. The van der Waals surface area contributed by atoms with Crippen molar-refractivity contribution in [3.05, 3.63) is 11.9 Å². The van der Waals surface area contributed by atoms with E-state index >= 15 is 0 Å². The van der Waals surface area contributed by atoms with Crippen LogP contribution in [0.5, 0.6) is 0 Å². The minimum atomic E-state index is -0.685. The molecule has 1 fully saturated rings. The molecule has 0 saturated heterocycles. The Kier molecular flexibility index (Phi) is 3.89. The highest BCUT2D eigenvalue weighted by Crippen LogP contribution is 2.46. The fraction of sp³-hybridized carbons (Fsp3) is 0.800. The van der Waals surface area contributed by atoms with Crippen molar-refractivity contribution in [1.82, 2.24) is 15.0 Å². The lowest BCUT2D eigenvalue weighted by atomic mass is 9.63. The fourth-order valence-corrected chi connectivity index (χ4v) is 3.33. The number of carboxylic acid groups (broad SMARTS) is 1. The molecule has 20 heavy (non-hydrogen) atoms. The van der Waals surface area contributed by atoms with Crippen LogP contribution in [0.3, 0.4) is 0 Å². The molecule has 0 unspecified atom stereocenters. The Morgan fingerprint density at radius 3 is 2.45 bits per heavy atom. The second-order valence-electron chi connectivity index (χ2n) is 7.29. The quantitative estimate of drug-likeness (QED) is 0.923. The van der Waals surface area contributed by atoms with Gasteiger partial charge in [0, 0.05) is 19.7 Å². The highest BCUT2D eigenvalue weighted by Gasteiger charge is 2.44. The molecular weight excluding hydrogens is 254 g/mol. The lowest BCUT2D eigenvalue weighted by Gasteiger charge is -2.41. The van der Waals surface area contributed by atoms with Crippen LogP contribution in [0.1, 0.15) is 52.1 Å². The van der Waals surface area contributed by atoms with Crippen LogP contribution >= 0.6 is 0 Å². The molecule has 0 atom stereocenters. The van der Waals surface area contributed by atoms with Crippen molar-refractivity contribution in [2.24, 2.45) is 23.8 Å². The van der Waals surface area contributed by atoms with E-state index in [9.17, 15) is 9.90 Å². The van der Waals surface area contributed by atoms with Crippen LogP contribution in [-0.4, -0.2) is 26.1 Å². The Balaban J connectivity index is 2.11. The van der Waals surface area contributed by atoms with Gasteiger partial charge in [-0.25, -0.2) is 0 Å². The average molecular weight is 279 g/mol. The molecular formula is C15H25N3O2. The molecule has 0 amide bonds. The van der Waals surface area contributed by atoms with E-state index < -0.39 is 11.4 Å². The summed E-state index contributed by atoms with van der Waals surface area (Å²) in [5, 5.41) is 17.6. The summed E-state index contributed by atoms with van der Waals surface area (Å²) in [6.45, 7) is 6.73. The molecule has 0 aromatic carbocycles. The molecule has 1 heterocycles. The van der Waals surface area contributed by atoms with E-state index in [-0.39, 0.29) is 5.41 Å². The summed E-state index contributed by atoms with van der Waals surface area (Å²) in [5.41, 5.74) is 0.388. The number of carbonyl (C=O) groups is 1. The monoisotopic (exact) mass is 279 g/mol. The Morgan fingerprint density at radius 1 is 1.45 bits per heavy atom. The van der Waals surface area contributed by atoms with Gasteiger partial charge in [-0.1, -0.05) is 26.0 Å². The molecule has 1 aromatic heterocycles. The third-order valence-corrected chi connectivity index (χ3v) is 4.79. The Hall–Kier alpha value is -1.39. The first-order valence-electron chi connectivity index (χ1n) is 7.31. The molecule has 1 aromatic rings. The van der Waals surface area contributed by atoms with Gasteiger partial charge in [-0.3, -0.25) is 9.48 Å². The summed E-state index contributed by atoms with van der Waals surface area (Å²) in [5.74, 6) is -0.0765. The molecule has 1 aliphatic carbocycles. The van der Waals surface area contributed by atoms with Gasteiger partial charge in [0.05, 0.1) is 11.1 Å². The molecule has 0 spiro atoms. The Morgan fingerprint density at radius 2 is 2.05 bits per heavy atom. The second-order valence-corrected chi connectivity index (χ2v) is 7.29. The van der Waals surface area contributed by atoms with Crippen molar-refractivity contribution in [2.45, 2.75) is 52.9 Å². The smallest absolute Gasteiger partial charge is 0.310 e. The maximum atomic E-state index is 11.8. The SMILES string of the molecule is Cn1cc(CC2(C(=O)O)CCC(C(C)(C)C)CC2)nn1. The molecule has 1 saturated carbocycles. The average Bonchev–Trinajstić information content (AvgIpc) is 2.74. The summed E-state index contributed by atoms with van der Waals surface area (Å²) in [7, 11) is 1.81. The number of aliphatic carboxylic acids is 1. The van der Waals surface area contributed by atoms with E-state index in [2.05, 4.69) is 31.1 Å². The number of carboxylic acids is 1. The van der Waals surface area contributed by atoms with Gasteiger partial charge in [-0.15, -0.1) is 5.10 Å². The third-order valence-electron chi connectivity index (χ3n) is 4.79. The van der Waals surface area contributed by atoms with Gasteiger partial charge in [0.25, 0.3) is 0 Å². The van der Waals surface area contributed by atoms with Crippen molar-refractivity contribution in [1.29, 1.82) is 0 Å². The lowest BCUT2D eigenvalue weighted by molar-refractivity contribution is -0.152. The lowest BCUT2D eigenvalue weighted by Crippen LogP contribution is -2.39. The number of aromatic nitrogens is 3. The van der Waals surface area contributed by atoms with E-state index in [1.165, 1.54) is 0 Å². The molecule has 1 aliphatic rings. The van der Waals surface area contributed by atoms with Gasteiger partial charge in [0.1, 0.15) is 0 Å². The van der Waals surface area contributed by atoms with E-state index in [0.717, 1.165) is 31.4 Å². The van der Waals surface area contributed by atoms with Crippen molar-refractivity contribution in [3.8, 4) is 0 Å². The van der Waals surface area contributed by atoms with Crippen molar-refractivity contribution >= 4 is 5.97 Å². The van der Waals surface area contributed by atoms with E-state index in [4.69, 9.17) is 0 Å². The summed E-state index contributed by atoms with van der Waals surface area (Å²) < 4.78 is 1.63. The molecule has 0 aliphatic heterocycles. The summed E-state index contributed by atoms with van der Waals surface area (Å²) in [6, 6.07) is 0. The predicted molar refractivity (Wildman–Crippen MR) is 76.2 cm³/mol. The minimum absolute atomic E-state index is 0.261. The summed E-state index contributed by atoms with van der Waals surface area (Å²) in [6.07, 6.45) is 5.75. The van der Waals surface area contributed by atoms with Gasteiger partial charge in [0.15, 0.2) is 0 Å². The maximum Gasteiger partial charge on any atom is 0.310 e. The Labute approximate surface area is 120 Å². The topological polar surface area (TPSA) is 68.0 Å². The van der Waals surface area contributed by atoms with Crippen molar-refractivity contribution < 1.29 is 9.90 Å². The summed E-state index contributed by atoms with van der Waals surface area (Å²) in [4.78, 5) is 11.8. The van der Waals surface area contributed by atoms with Crippen LogP contribution in [0.4, 0.5) is 0 Å².